The summed E-state index contributed by atoms with van der Waals surface area (Å²) in [5.41, 5.74) is 2.02. The smallest absolute Gasteiger partial charge is 0.146 e. The van der Waals surface area contributed by atoms with Crippen molar-refractivity contribution in [3.63, 3.8) is 0 Å². The Kier molecular flexibility index (Phi) is 3.97. The lowest BCUT2D eigenvalue weighted by Gasteiger charge is -2.11. The fraction of sp³-hybridized carbons (Fsp3) is 0.143. The van der Waals surface area contributed by atoms with Crippen molar-refractivity contribution in [2.75, 3.05) is 5.32 Å². The Balaban J connectivity index is 2.19. The number of aryl methyl sites for hydroxylation is 1. The maximum Gasteiger partial charge on any atom is 0.146 e. The average Bonchev–Trinajstić information content (AvgIpc) is 2.33. The van der Waals surface area contributed by atoms with Crippen LogP contribution < -0.4 is 5.32 Å². The van der Waals surface area contributed by atoms with Crippen molar-refractivity contribution in [1.29, 1.82) is 0 Å². The zero-order valence-electron chi connectivity index (χ0n) is 9.81. The molecule has 2 aromatic rings. The van der Waals surface area contributed by atoms with E-state index < -0.39 is 0 Å². The van der Waals surface area contributed by atoms with E-state index in [0.717, 1.165) is 11.1 Å². The van der Waals surface area contributed by atoms with E-state index in [2.05, 4.69) is 21.2 Å². The quantitative estimate of drug-likeness (QED) is 0.870. The van der Waals surface area contributed by atoms with Gasteiger partial charge in [0.05, 0.1) is 10.2 Å². The predicted molar refractivity (Wildman–Crippen MR) is 72.6 cm³/mol. The average molecular weight is 312 g/mol. The highest BCUT2D eigenvalue weighted by Gasteiger charge is 2.08. The first-order valence-electron chi connectivity index (χ1n) is 5.51. The molecule has 0 amide bonds. The molecule has 0 aliphatic rings. The number of hydrogen-bond acceptors (Lipinski definition) is 1. The Morgan fingerprint density at radius 3 is 2.44 bits per heavy atom. The van der Waals surface area contributed by atoms with Crippen molar-refractivity contribution in [3.8, 4) is 0 Å². The minimum absolute atomic E-state index is 0.303. The van der Waals surface area contributed by atoms with Gasteiger partial charge < -0.3 is 5.32 Å². The van der Waals surface area contributed by atoms with E-state index in [1.165, 1.54) is 12.1 Å². The summed E-state index contributed by atoms with van der Waals surface area (Å²) < 4.78 is 27.3. The van der Waals surface area contributed by atoms with Crippen LogP contribution in [0.15, 0.2) is 40.9 Å². The van der Waals surface area contributed by atoms with E-state index >= 15 is 0 Å². The molecule has 0 fully saturated rings. The number of para-hydroxylation sites is 1. The Bertz CT molecular complexity index is 549. The second kappa shape index (κ2) is 5.48. The molecular formula is C14H12BrF2N. The molecule has 0 radical (unpaired) electrons. The van der Waals surface area contributed by atoms with Gasteiger partial charge in [0.25, 0.3) is 0 Å². The Morgan fingerprint density at radius 1 is 1.06 bits per heavy atom. The van der Waals surface area contributed by atoms with Gasteiger partial charge in [-0.15, -0.1) is 0 Å². The minimum atomic E-state index is -0.320. The first kappa shape index (κ1) is 13.0. The molecule has 0 saturated heterocycles. The molecule has 0 aromatic heterocycles. The van der Waals surface area contributed by atoms with Gasteiger partial charge in [-0.3, -0.25) is 0 Å². The number of rotatable bonds is 3. The van der Waals surface area contributed by atoms with E-state index in [1.807, 2.05) is 13.0 Å². The van der Waals surface area contributed by atoms with Gasteiger partial charge >= 0.3 is 0 Å². The van der Waals surface area contributed by atoms with Crippen LogP contribution >= 0.6 is 15.9 Å². The molecule has 18 heavy (non-hydrogen) atoms. The van der Waals surface area contributed by atoms with Crippen molar-refractivity contribution in [2.24, 2.45) is 0 Å². The molecule has 0 saturated carbocycles. The van der Waals surface area contributed by atoms with Crippen LogP contribution in [-0.4, -0.2) is 0 Å². The van der Waals surface area contributed by atoms with Crippen molar-refractivity contribution in [2.45, 2.75) is 13.5 Å². The Hall–Kier alpha value is -1.42. The standard InChI is InChI=1S/C14H12BrF2N/c1-9-4-2-7-12(17)14(9)18-8-10-5-3-6-11(16)13(10)15/h2-7,18H,8H2,1H3. The van der Waals surface area contributed by atoms with Crippen molar-refractivity contribution in [1.82, 2.24) is 0 Å². The number of anilines is 1. The maximum atomic E-state index is 13.6. The summed E-state index contributed by atoms with van der Waals surface area (Å²) in [7, 11) is 0. The molecule has 0 atom stereocenters. The van der Waals surface area contributed by atoms with Gasteiger partial charge in [0.1, 0.15) is 11.6 Å². The summed E-state index contributed by atoms with van der Waals surface area (Å²) >= 11 is 3.18. The number of nitrogens with one attached hydrogen (secondary N) is 1. The molecule has 1 N–H and O–H groups in total. The highest BCUT2D eigenvalue weighted by Crippen LogP contribution is 2.23. The number of benzene rings is 2. The van der Waals surface area contributed by atoms with E-state index in [0.29, 0.717) is 16.7 Å². The number of hydrogen-bond donors (Lipinski definition) is 1. The van der Waals surface area contributed by atoms with Crippen LogP contribution in [0.1, 0.15) is 11.1 Å². The zero-order valence-corrected chi connectivity index (χ0v) is 11.4. The van der Waals surface area contributed by atoms with E-state index in [1.54, 1.807) is 18.2 Å². The first-order chi connectivity index (χ1) is 8.59. The van der Waals surface area contributed by atoms with Gasteiger partial charge in [0.15, 0.2) is 0 Å². The van der Waals surface area contributed by atoms with Crippen molar-refractivity contribution >= 4 is 21.6 Å². The molecule has 94 valence electrons. The van der Waals surface area contributed by atoms with Crippen LogP contribution in [0.3, 0.4) is 0 Å². The molecular weight excluding hydrogens is 300 g/mol. The zero-order chi connectivity index (χ0) is 13.1. The van der Waals surface area contributed by atoms with Crippen molar-refractivity contribution in [3.05, 3.63) is 63.6 Å². The summed E-state index contributed by atoms with van der Waals surface area (Å²) in [5, 5.41) is 2.99. The second-order valence-electron chi connectivity index (χ2n) is 4.00. The molecule has 0 heterocycles. The fourth-order valence-electron chi connectivity index (χ4n) is 1.72. The molecule has 2 rings (SSSR count). The SMILES string of the molecule is Cc1cccc(F)c1NCc1cccc(F)c1Br. The summed E-state index contributed by atoms with van der Waals surface area (Å²) in [5.74, 6) is -0.623. The fourth-order valence-corrected chi connectivity index (χ4v) is 2.13. The first-order valence-corrected chi connectivity index (χ1v) is 6.31. The van der Waals surface area contributed by atoms with Crippen LogP contribution in [0, 0.1) is 18.6 Å². The monoisotopic (exact) mass is 311 g/mol. The van der Waals surface area contributed by atoms with Gasteiger partial charge in [-0.2, -0.15) is 0 Å². The Morgan fingerprint density at radius 2 is 1.72 bits per heavy atom. The molecule has 1 nitrogen and oxygen atoms in total. The molecule has 0 aliphatic heterocycles. The summed E-state index contributed by atoms with van der Waals surface area (Å²) in [6.07, 6.45) is 0. The molecule has 0 bridgehead atoms. The van der Waals surface area contributed by atoms with Gasteiger partial charge in [0.2, 0.25) is 0 Å². The van der Waals surface area contributed by atoms with Crippen LogP contribution in [0.5, 0.6) is 0 Å². The largest absolute Gasteiger partial charge is 0.378 e. The summed E-state index contributed by atoms with van der Waals surface area (Å²) in [4.78, 5) is 0. The third-order valence-corrected chi connectivity index (χ3v) is 3.60. The highest BCUT2D eigenvalue weighted by molar-refractivity contribution is 9.10. The van der Waals surface area contributed by atoms with Crippen LogP contribution in [0.25, 0.3) is 0 Å². The molecule has 0 spiro atoms. The lowest BCUT2D eigenvalue weighted by molar-refractivity contribution is 0.618. The second-order valence-corrected chi connectivity index (χ2v) is 4.79. The highest BCUT2D eigenvalue weighted by atomic mass is 79.9. The van der Waals surface area contributed by atoms with Gasteiger partial charge in [-0.25, -0.2) is 8.78 Å². The van der Waals surface area contributed by atoms with E-state index in [4.69, 9.17) is 0 Å². The predicted octanol–water partition coefficient (Wildman–Crippen LogP) is 4.65. The lowest BCUT2D eigenvalue weighted by atomic mass is 10.1. The molecule has 2 aromatic carbocycles. The summed E-state index contributed by atoms with van der Waals surface area (Å²) in [6.45, 7) is 2.19. The van der Waals surface area contributed by atoms with Gasteiger partial charge in [0, 0.05) is 6.54 Å². The van der Waals surface area contributed by atoms with Crippen molar-refractivity contribution < 1.29 is 8.78 Å². The van der Waals surface area contributed by atoms with E-state index in [-0.39, 0.29) is 11.6 Å². The molecule has 0 aliphatic carbocycles. The molecule has 4 heteroatoms. The third kappa shape index (κ3) is 2.70. The summed E-state index contributed by atoms with van der Waals surface area (Å²) in [6, 6.07) is 9.68. The van der Waals surface area contributed by atoms with Gasteiger partial charge in [-0.1, -0.05) is 24.3 Å². The third-order valence-electron chi connectivity index (χ3n) is 2.71. The Labute approximate surface area is 113 Å². The number of halogens is 3. The van der Waals surface area contributed by atoms with Crippen LogP contribution in [-0.2, 0) is 6.54 Å². The van der Waals surface area contributed by atoms with Crippen LogP contribution in [0.2, 0.25) is 0 Å². The minimum Gasteiger partial charge on any atom is -0.378 e. The normalized spacial score (nSPS) is 10.4. The van der Waals surface area contributed by atoms with Crippen LogP contribution in [0.4, 0.5) is 14.5 Å². The van der Waals surface area contributed by atoms with Gasteiger partial charge in [-0.05, 0) is 46.1 Å². The topological polar surface area (TPSA) is 12.0 Å². The van der Waals surface area contributed by atoms with E-state index in [9.17, 15) is 8.78 Å². The molecule has 0 unspecified atom stereocenters. The maximum absolute atomic E-state index is 13.6. The lowest BCUT2D eigenvalue weighted by Crippen LogP contribution is -2.04.